The van der Waals surface area contributed by atoms with Gasteiger partial charge in [0.25, 0.3) is 0 Å². The molecule has 1 amide bonds. The Bertz CT molecular complexity index is 440. The maximum atomic E-state index is 12.9. The summed E-state index contributed by atoms with van der Waals surface area (Å²) in [4.78, 5) is 14.1. The Balaban J connectivity index is 2.04. The predicted molar refractivity (Wildman–Crippen MR) is 72.9 cm³/mol. The Morgan fingerprint density at radius 1 is 1.37 bits per heavy atom. The zero-order valence-electron chi connectivity index (χ0n) is 11.4. The lowest BCUT2D eigenvalue weighted by atomic mass is 10.1. The number of halogens is 1. The average molecular weight is 264 g/mol. The summed E-state index contributed by atoms with van der Waals surface area (Å²) in [6.07, 6.45) is 3.55. The van der Waals surface area contributed by atoms with E-state index in [4.69, 9.17) is 5.73 Å². The first-order valence-corrected chi connectivity index (χ1v) is 6.88. The molecule has 2 rings (SSSR count). The molecule has 1 aromatic rings. The van der Waals surface area contributed by atoms with E-state index in [1.54, 1.807) is 12.1 Å². The second-order valence-corrected chi connectivity index (χ2v) is 5.36. The minimum atomic E-state index is -0.631. The molecule has 104 valence electrons. The normalized spacial score (nSPS) is 16.2. The Morgan fingerprint density at radius 3 is 2.53 bits per heavy atom. The van der Waals surface area contributed by atoms with Gasteiger partial charge < -0.3 is 10.6 Å². The van der Waals surface area contributed by atoms with Crippen LogP contribution in [0.25, 0.3) is 0 Å². The molecule has 4 heteroatoms. The fourth-order valence-corrected chi connectivity index (χ4v) is 2.08. The van der Waals surface area contributed by atoms with Gasteiger partial charge in [-0.15, -0.1) is 0 Å². The molecule has 3 nitrogen and oxygen atoms in total. The van der Waals surface area contributed by atoms with Crippen LogP contribution in [0.15, 0.2) is 24.3 Å². The molecule has 0 atom stereocenters. The summed E-state index contributed by atoms with van der Waals surface area (Å²) in [5, 5.41) is 0. The summed E-state index contributed by atoms with van der Waals surface area (Å²) < 4.78 is 12.9. The zero-order chi connectivity index (χ0) is 13.9. The molecule has 0 spiro atoms. The van der Waals surface area contributed by atoms with Crippen LogP contribution >= 0.6 is 0 Å². The van der Waals surface area contributed by atoms with Gasteiger partial charge in [0.05, 0.1) is 5.54 Å². The third kappa shape index (κ3) is 3.53. The number of benzene rings is 1. The van der Waals surface area contributed by atoms with Crippen LogP contribution in [-0.2, 0) is 11.3 Å². The van der Waals surface area contributed by atoms with Gasteiger partial charge in [-0.2, -0.15) is 0 Å². The van der Waals surface area contributed by atoms with Gasteiger partial charge in [0.15, 0.2) is 0 Å². The number of nitrogens with two attached hydrogens (primary N) is 1. The van der Waals surface area contributed by atoms with Crippen molar-refractivity contribution in [1.82, 2.24) is 4.90 Å². The second-order valence-electron chi connectivity index (χ2n) is 5.36. The van der Waals surface area contributed by atoms with Crippen molar-refractivity contribution >= 4 is 5.91 Å². The Morgan fingerprint density at radius 2 is 2.00 bits per heavy atom. The molecule has 19 heavy (non-hydrogen) atoms. The van der Waals surface area contributed by atoms with Crippen molar-refractivity contribution in [3.8, 4) is 0 Å². The van der Waals surface area contributed by atoms with Crippen LogP contribution in [0.5, 0.6) is 0 Å². The van der Waals surface area contributed by atoms with Gasteiger partial charge in [0.2, 0.25) is 5.91 Å². The third-order valence-electron chi connectivity index (χ3n) is 3.57. The van der Waals surface area contributed by atoms with Crippen LogP contribution in [0.1, 0.15) is 38.2 Å². The van der Waals surface area contributed by atoms with Crippen LogP contribution in [-0.4, -0.2) is 22.9 Å². The van der Waals surface area contributed by atoms with E-state index in [-0.39, 0.29) is 11.7 Å². The molecule has 0 aliphatic heterocycles. The van der Waals surface area contributed by atoms with Crippen LogP contribution in [0.4, 0.5) is 4.39 Å². The number of rotatable bonds is 6. The highest BCUT2D eigenvalue weighted by Crippen LogP contribution is 2.34. The Labute approximate surface area is 113 Å². The van der Waals surface area contributed by atoms with E-state index < -0.39 is 5.54 Å². The van der Waals surface area contributed by atoms with Crippen LogP contribution in [0.2, 0.25) is 0 Å². The van der Waals surface area contributed by atoms with Crippen LogP contribution < -0.4 is 5.73 Å². The van der Waals surface area contributed by atoms with Gasteiger partial charge in [0.1, 0.15) is 5.82 Å². The molecule has 2 N–H and O–H groups in total. The summed E-state index contributed by atoms with van der Waals surface area (Å²) in [6, 6.07) is 6.29. The van der Waals surface area contributed by atoms with E-state index in [0.717, 1.165) is 31.2 Å². The Hall–Kier alpha value is -1.42. The lowest BCUT2D eigenvalue weighted by Crippen LogP contribution is -2.45. The summed E-state index contributed by atoms with van der Waals surface area (Å²) >= 11 is 0. The molecule has 1 aliphatic carbocycles. The number of nitrogens with zero attached hydrogens (tertiary/aromatic N) is 1. The number of carbonyl (C=O) groups excluding carboxylic acids is 1. The van der Waals surface area contributed by atoms with Crippen molar-refractivity contribution < 1.29 is 9.18 Å². The molecule has 1 aliphatic rings. The van der Waals surface area contributed by atoms with Gasteiger partial charge in [-0.1, -0.05) is 25.5 Å². The molecule has 0 saturated heterocycles. The molecule has 1 aromatic carbocycles. The van der Waals surface area contributed by atoms with Crippen molar-refractivity contribution in [3.05, 3.63) is 35.6 Å². The maximum Gasteiger partial charge on any atom is 0.242 e. The standard InChI is InChI=1S/C15H21FN2O/c1-2-3-10-18(14(19)15(17)8-9-15)11-12-4-6-13(16)7-5-12/h4-7H,2-3,8-11,17H2,1H3. The van der Waals surface area contributed by atoms with Crippen molar-refractivity contribution in [2.45, 2.75) is 44.7 Å². The van der Waals surface area contributed by atoms with Crippen LogP contribution in [0.3, 0.4) is 0 Å². The highest BCUT2D eigenvalue weighted by Gasteiger charge is 2.47. The number of hydrogen-bond acceptors (Lipinski definition) is 2. The summed E-state index contributed by atoms with van der Waals surface area (Å²) in [5.41, 5.74) is 6.30. The Kier molecular flexibility index (Phi) is 4.20. The number of hydrogen-bond donors (Lipinski definition) is 1. The summed E-state index contributed by atoms with van der Waals surface area (Å²) in [7, 11) is 0. The topological polar surface area (TPSA) is 46.3 Å². The fraction of sp³-hybridized carbons (Fsp3) is 0.533. The highest BCUT2D eigenvalue weighted by atomic mass is 19.1. The van der Waals surface area contributed by atoms with E-state index in [9.17, 15) is 9.18 Å². The average Bonchev–Trinajstić information content (AvgIpc) is 3.15. The first kappa shape index (κ1) is 14.0. The smallest absolute Gasteiger partial charge is 0.242 e. The van der Waals surface area contributed by atoms with E-state index >= 15 is 0 Å². The van der Waals surface area contributed by atoms with Crippen molar-refractivity contribution in [2.75, 3.05) is 6.54 Å². The molecule has 1 saturated carbocycles. The second kappa shape index (κ2) is 5.70. The first-order chi connectivity index (χ1) is 9.05. The van der Waals surface area contributed by atoms with Gasteiger partial charge in [-0.05, 0) is 37.0 Å². The summed E-state index contributed by atoms with van der Waals surface area (Å²) in [5.74, 6) is -0.224. The molecule has 0 bridgehead atoms. The van der Waals surface area contributed by atoms with Crippen molar-refractivity contribution in [3.63, 3.8) is 0 Å². The number of unbranched alkanes of at least 4 members (excludes halogenated alkanes) is 1. The molecule has 0 aromatic heterocycles. The van der Waals surface area contributed by atoms with Gasteiger partial charge in [-0.3, -0.25) is 4.79 Å². The molecule has 0 unspecified atom stereocenters. The summed E-state index contributed by atoms with van der Waals surface area (Å²) in [6.45, 7) is 3.32. The van der Waals surface area contributed by atoms with E-state index in [1.165, 1.54) is 12.1 Å². The zero-order valence-corrected chi connectivity index (χ0v) is 11.4. The third-order valence-corrected chi connectivity index (χ3v) is 3.57. The fourth-order valence-electron chi connectivity index (χ4n) is 2.08. The maximum absolute atomic E-state index is 12.9. The van der Waals surface area contributed by atoms with Gasteiger partial charge >= 0.3 is 0 Å². The molecule has 1 fully saturated rings. The van der Waals surface area contributed by atoms with Crippen molar-refractivity contribution in [2.24, 2.45) is 5.73 Å². The molecule has 0 radical (unpaired) electrons. The quantitative estimate of drug-likeness (QED) is 0.858. The van der Waals surface area contributed by atoms with E-state index in [0.29, 0.717) is 13.1 Å². The highest BCUT2D eigenvalue weighted by molar-refractivity contribution is 5.89. The lowest BCUT2D eigenvalue weighted by Gasteiger charge is -2.25. The van der Waals surface area contributed by atoms with E-state index in [2.05, 4.69) is 6.92 Å². The van der Waals surface area contributed by atoms with Crippen LogP contribution in [0, 0.1) is 5.82 Å². The van der Waals surface area contributed by atoms with Crippen molar-refractivity contribution in [1.29, 1.82) is 0 Å². The van der Waals surface area contributed by atoms with Gasteiger partial charge in [0, 0.05) is 13.1 Å². The van der Waals surface area contributed by atoms with Gasteiger partial charge in [-0.25, -0.2) is 4.39 Å². The minimum Gasteiger partial charge on any atom is -0.337 e. The number of carbonyl (C=O) groups is 1. The largest absolute Gasteiger partial charge is 0.337 e. The van der Waals surface area contributed by atoms with E-state index in [1.807, 2.05) is 4.90 Å². The monoisotopic (exact) mass is 264 g/mol. The lowest BCUT2D eigenvalue weighted by molar-refractivity contribution is -0.134. The molecular weight excluding hydrogens is 243 g/mol. The molecule has 0 heterocycles. The molecular formula is C15H21FN2O. The minimum absolute atomic E-state index is 0.0327. The first-order valence-electron chi connectivity index (χ1n) is 6.88. The predicted octanol–water partition coefficient (Wildman–Crippen LogP) is 2.45. The number of amides is 1. The SMILES string of the molecule is CCCCN(Cc1ccc(F)cc1)C(=O)C1(N)CC1.